The number of carboxylic acid groups (broad SMARTS) is 1. The van der Waals surface area contributed by atoms with Crippen LogP contribution in [0.25, 0.3) is 0 Å². The van der Waals surface area contributed by atoms with E-state index in [1.807, 2.05) is 52.0 Å². The topological polar surface area (TPSA) is 37.3 Å². The second kappa shape index (κ2) is 5.49. The van der Waals surface area contributed by atoms with E-state index < -0.39 is 11.9 Å². The maximum absolute atomic E-state index is 11.7. The van der Waals surface area contributed by atoms with Crippen LogP contribution in [0.2, 0.25) is 0 Å². The highest BCUT2D eigenvalue weighted by atomic mass is 16.4. The zero-order valence-electron chi connectivity index (χ0n) is 12.4. The monoisotopic (exact) mass is 268 g/mol. The quantitative estimate of drug-likeness (QED) is 0.908. The molecular formula is C18H20O2. The van der Waals surface area contributed by atoms with Crippen molar-refractivity contribution >= 4 is 5.97 Å². The second-order valence-electron chi connectivity index (χ2n) is 5.61. The van der Waals surface area contributed by atoms with Crippen LogP contribution < -0.4 is 0 Å². The minimum absolute atomic E-state index is 0.604. The third kappa shape index (κ3) is 3.08. The maximum Gasteiger partial charge on any atom is 0.315 e. The molecule has 0 radical (unpaired) electrons. The molecule has 0 unspecified atom stereocenters. The first-order valence-corrected chi connectivity index (χ1v) is 6.76. The van der Waals surface area contributed by atoms with Crippen LogP contribution in [0.5, 0.6) is 0 Å². The maximum atomic E-state index is 11.7. The lowest BCUT2D eigenvalue weighted by Gasteiger charge is -2.16. The predicted octanol–water partition coefficient (Wildman–Crippen LogP) is 4.14. The van der Waals surface area contributed by atoms with Crippen LogP contribution in [-0.2, 0) is 4.79 Å². The van der Waals surface area contributed by atoms with Crippen LogP contribution in [-0.4, -0.2) is 11.1 Å². The SMILES string of the molecule is Cc1cc(C)cc(C(C(=O)O)c2cc(C)cc(C)c2)c1. The standard InChI is InChI=1S/C18H20O2/c1-11-5-12(2)8-15(7-11)17(18(19)20)16-9-13(3)6-14(4)10-16/h5-10,17H,1-4H3,(H,19,20). The van der Waals surface area contributed by atoms with Crippen molar-refractivity contribution in [2.24, 2.45) is 0 Å². The van der Waals surface area contributed by atoms with Gasteiger partial charge in [0, 0.05) is 0 Å². The van der Waals surface area contributed by atoms with E-state index in [9.17, 15) is 9.90 Å². The summed E-state index contributed by atoms with van der Waals surface area (Å²) in [4.78, 5) is 11.7. The van der Waals surface area contributed by atoms with Crippen molar-refractivity contribution in [1.29, 1.82) is 0 Å². The molecule has 0 saturated heterocycles. The molecule has 0 aliphatic rings. The van der Waals surface area contributed by atoms with Crippen LogP contribution in [0, 0.1) is 27.7 Å². The first kappa shape index (κ1) is 14.3. The van der Waals surface area contributed by atoms with Gasteiger partial charge in [-0.3, -0.25) is 4.79 Å². The Hall–Kier alpha value is -2.09. The first-order valence-electron chi connectivity index (χ1n) is 6.76. The van der Waals surface area contributed by atoms with Gasteiger partial charge in [0.25, 0.3) is 0 Å². The van der Waals surface area contributed by atoms with Crippen LogP contribution in [0.15, 0.2) is 36.4 Å². The smallest absolute Gasteiger partial charge is 0.315 e. The number of carbonyl (C=O) groups is 1. The first-order chi connectivity index (χ1) is 9.36. The molecule has 2 aromatic carbocycles. The van der Waals surface area contributed by atoms with E-state index in [0.717, 1.165) is 33.4 Å². The number of rotatable bonds is 3. The van der Waals surface area contributed by atoms with Gasteiger partial charge in [-0.1, -0.05) is 58.7 Å². The molecule has 0 aliphatic heterocycles. The van der Waals surface area contributed by atoms with Crippen molar-refractivity contribution in [2.45, 2.75) is 33.6 Å². The highest BCUT2D eigenvalue weighted by molar-refractivity contribution is 5.80. The van der Waals surface area contributed by atoms with Crippen LogP contribution in [0.3, 0.4) is 0 Å². The van der Waals surface area contributed by atoms with E-state index in [1.165, 1.54) is 0 Å². The highest BCUT2D eigenvalue weighted by Crippen LogP contribution is 2.28. The Balaban J connectivity index is 2.59. The molecule has 2 rings (SSSR count). The lowest BCUT2D eigenvalue weighted by atomic mass is 9.88. The number of carboxylic acids is 1. The van der Waals surface area contributed by atoms with E-state index in [-0.39, 0.29) is 0 Å². The number of aryl methyl sites for hydroxylation is 4. The van der Waals surface area contributed by atoms with E-state index in [4.69, 9.17) is 0 Å². The van der Waals surface area contributed by atoms with Crippen molar-refractivity contribution in [3.05, 3.63) is 69.8 Å². The summed E-state index contributed by atoms with van der Waals surface area (Å²) in [6, 6.07) is 12.0. The molecule has 2 nitrogen and oxygen atoms in total. The molecule has 0 bridgehead atoms. The Morgan fingerprint density at radius 1 is 0.750 bits per heavy atom. The average molecular weight is 268 g/mol. The molecule has 0 atom stereocenters. The van der Waals surface area contributed by atoms with Gasteiger partial charge in [0.15, 0.2) is 0 Å². The van der Waals surface area contributed by atoms with E-state index in [1.54, 1.807) is 0 Å². The lowest BCUT2D eigenvalue weighted by Crippen LogP contribution is -2.14. The van der Waals surface area contributed by atoms with Gasteiger partial charge >= 0.3 is 5.97 Å². The Bertz CT molecular complexity index is 564. The molecule has 104 valence electrons. The molecule has 20 heavy (non-hydrogen) atoms. The molecule has 0 heterocycles. The van der Waals surface area contributed by atoms with Crippen LogP contribution in [0.1, 0.15) is 39.3 Å². The largest absolute Gasteiger partial charge is 0.481 e. The molecule has 0 spiro atoms. The van der Waals surface area contributed by atoms with Crippen molar-refractivity contribution < 1.29 is 9.90 Å². The van der Waals surface area contributed by atoms with Crippen molar-refractivity contribution in [1.82, 2.24) is 0 Å². The summed E-state index contributed by atoms with van der Waals surface area (Å²) in [5.74, 6) is -1.41. The van der Waals surface area contributed by atoms with Gasteiger partial charge in [-0.05, 0) is 38.8 Å². The van der Waals surface area contributed by atoms with Crippen molar-refractivity contribution in [3.8, 4) is 0 Å². The van der Waals surface area contributed by atoms with Gasteiger partial charge in [-0.15, -0.1) is 0 Å². The van der Waals surface area contributed by atoms with Crippen LogP contribution in [0.4, 0.5) is 0 Å². The molecule has 0 aliphatic carbocycles. The minimum Gasteiger partial charge on any atom is -0.481 e. The normalized spacial score (nSPS) is 10.8. The fourth-order valence-corrected chi connectivity index (χ4v) is 2.83. The molecule has 0 amide bonds. The summed E-state index contributed by atoms with van der Waals surface area (Å²) in [5.41, 5.74) is 6.07. The molecular weight excluding hydrogens is 248 g/mol. The fourth-order valence-electron chi connectivity index (χ4n) is 2.83. The number of benzene rings is 2. The van der Waals surface area contributed by atoms with Crippen LogP contribution >= 0.6 is 0 Å². The Labute approximate surface area is 120 Å². The number of hydrogen-bond donors (Lipinski definition) is 1. The average Bonchev–Trinajstić information content (AvgIpc) is 2.25. The Morgan fingerprint density at radius 3 is 1.30 bits per heavy atom. The fraction of sp³-hybridized carbons (Fsp3) is 0.278. The summed E-state index contributed by atoms with van der Waals surface area (Å²) in [7, 11) is 0. The van der Waals surface area contributed by atoms with Gasteiger partial charge < -0.3 is 5.11 Å². The summed E-state index contributed by atoms with van der Waals surface area (Å²) in [6.45, 7) is 7.99. The molecule has 2 aromatic rings. The van der Waals surface area contributed by atoms with E-state index >= 15 is 0 Å². The number of aliphatic carboxylic acids is 1. The predicted molar refractivity (Wildman–Crippen MR) is 81.3 cm³/mol. The second-order valence-corrected chi connectivity index (χ2v) is 5.61. The molecule has 2 heteroatoms. The summed E-state index contributed by atoms with van der Waals surface area (Å²) in [6.07, 6.45) is 0. The zero-order chi connectivity index (χ0) is 14.9. The third-order valence-corrected chi connectivity index (χ3v) is 3.40. The van der Waals surface area contributed by atoms with Gasteiger partial charge in [0.2, 0.25) is 0 Å². The third-order valence-electron chi connectivity index (χ3n) is 3.40. The molecule has 0 fully saturated rings. The van der Waals surface area contributed by atoms with Gasteiger partial charge in [-0.2, -0.15) is 0 Å². The number of hydrogen-bond acceptors (Lipinski definition) is 1. The van der Waals surface area contributed by atoms with E-state index in [2.05, 4.69) is 12.1 Å². The van der Waals surface area contributed by atoms with Gasteiger partial charge in [-0.25, -0.2) is 0 Å². The Kier molecular flexibility index (Phi) is 3.93. The van der Waals surface area contributed by atoms with Crippen molar-refractivity contribution in [2.75, 3.05) is 0 Å². The molecule has 0 aromatic heterocycles. The van der Waals surface area contributed by atoms with E-state index in [0.29, 0.717) is 0 Å². The molecule has 0 saturated carbocycles. The minimum atomic E-state index is -0.806. The van der Waals surface area contributed by atoms with Gasteiger partial charge in [0.1, 0.15) is 5.92 Å². The summed E-state index contributed by atoms with van der Waals surface area (Å²) >= 11 is 0. The Morgan fingerprint density at radius 2 is 1.05 bits per heavy atom. The van der Waals surface area contributed by atoms with Crippen molar-refractivity contribution in [3.63, 3.8) is 0 Å². The van der Waals surface area contributed by atoms with Gasteiger partial charge in [0.05, 0.1) is 0 Å². The zero-order valence-corrected chi connectivity index (χ0v) is 12.4. The highest BCUT2D eigenvalue weighted by Gasteiger charge is 2.23. The summed E-state index contributed by atoms with van der Waals surface area (Å²) in [5, 5.41) is 9.64. The lowest BCUT2D eigenvalue weighted by molar-refractivity contribution is -0.137. The molecule has 1 N–H and O–H groups in total. The summed E-state index contributed by atoms with van der Waals surface area (Å²) < 4.78 is 0.